The summed E-state index contributed by atoms with van der Waals surface area (Å²) in [6.07, 6.45) is 0.748. The van der Waals surface area contributed by atoms with Crippen LogP contribution in [0.25, 0.3) is 0 Å². The van der Waals surface area contributed by atoms with Gasteiger partial charge in [0.25, 0.3) is 0 Å². The first-order valence-corrected chi connectivity index (χ1v) is 10.4. The Bertz CT molecular complexity index is 960. The van der Waals surface area contributed by atoms with Gasteiger partial charge >= 0.3 is 11.9 Å². The number of benzene rings is 2. The van der Waals surface area contributed by atoms with Crippen molar-refractivity contribution in [3.8, 4) is 5.75 Å². The van der Waals surface area contributed by atoms with E-state index in [0.717, 1.165) is 33.8 Å². The zero-order valence-electron chi connectivity index (χ0n) is 16.6. The van der Waals surface area contributed by atoms with Crippen molar-refractivity contribution in [2.75, 3.05) is 26.1 Å². The normalized spacial score (nSPS) is 17.1. The first-order valence-electron chi connectivity index (χ1n) is 9.41. The van der Waals surface area contributed by atoms with Gasteiger partial charge in [0.2, 0.25) is 0 Å². The van der Waals surface area contributed by atoms with E-state index in [2.05, 4.69) is 4.74 Å². The number of rotatable bonds is 3. The summed E-state index contributed by atoms with van der Waals surface area (Å²) in [6, 6.07) is 8.13. The minimum absolute atomic E-state index is 0.356. The van der Waals surface area contributed by atoms with Gasteiger partial charge in [-0.05, 0) is 55.3 Å². The molecule has 6 nitrogen and oxygen atoms in total. The van der Waals surface area contributed by atoms with E-state index in [1.54, 1.807) is 36.0 Å². The van der Waals surface area contributed by atoms with Gasteiger partial charge in [-0.3, -0.25) is 0 Å². The maximum absolute atomic E-state index is 12.9. The highest BCUT2D eigenvalue weighted by atomic mass is 32.2. The summed E-state index contributed by atoms with van der Waals surface area (Å²) in [5.41, 5.74) is 3.64. The lowest BCUT2D eigenvalue weighted by Gasteiger charge is -2.36. The number of methoxy groups -OCH3 is 1. The lowest BCUT2D eigenvalue weighted by Crippen LogP contribution is -2.33. The van der Waals surface area contributed by atoms with E-state index in [4.69, 9.17) is 14.2 Å². The molecule has 2 aromatic carbocycles. The summed E-state index contributed by atoms with van der Waals surface area (Å²) in [6.45, 7) is 4.99. The average molecular weight is 414 g/mol. The SMILES string of the molecule is COC(=O)c1ccc(OC(=O)c2cc(C)c3c(c2C)C2(CCS3)OCCO2)cc1. The third kappa shape index (κ3) is 3.54. The Hall–Kier alpha value is -2.35. The Morgan fingerprint density at radius 1 is 1.07 bits per heavy atom. The quantitative estimate of drug-likeness (QED) is 0.555. The number of esters is 2. The van der Waals surface area contributed by atoms with E-state index in [0.29, 0.717) is 30.1 Å². The number of carbonyl (C=O) groups excluding carboxylic acids is 2. The number of thioether (sulfide) groups is 1. The fourth-order valence-corrected chi connectivity index (χ4v) is 5.16. The van der Waals surface area contributed by atoms with Crippen LogP contribution in [0.15, 0.2) is 35.2 Å². The van der Waals surface area contributed by atoms with E-state index in [1.165, 1.54) is 7.11 Å². The molecule has 1 saturated heterocycles. The largest absolute Gasteiger partial charge is 0.465 e. The molecule has 1 fully saturated rings. The van der Waals surface area contributed by atoms with Crippen LogP contribution >= 0.6 is 11.8 Å². The Labute approximate surface area is 173 Å². The van der Waals surface area contributed by atoms with Crippen molar-refractivity contribution in [3.63, 3.8) is 0 Å². The molecule has 0 aliphatic carbocycles. The van der Waals surface area contributed by atoms with Gasteiger partial charge in [-0.2, -0.15) is 0 Å². The second-order valence-corrected chi connectivity index (χ2v) is 8.13. The Kier molecular flexibility index (Phi) is 5.38. The van der Waals surface area contributed by atoms with Gasteiger partial charge in [0.1, 0.15) is 5.75 Å². The lowest BCUT2D eigenvalue weighted by atomic mass is 9.91. The number of carbonyl (C=O) groups is 2. The van der Waals surface area contributed by atoms with E-state index in [9.17, 15) is 9.59 Å². The molecule has 0 atom stereocenters. The molecule has 2 aliphatic rings. The van der Waals surface area contributed by atoms with Gasteiger partial charge < -0.3 is 18.9 Å². The standard InChI is InChI=1S/C22H22O6S/c1-13-12-17(21(24)28-16-6-4-15(5-7-16)20(23)25-3)14(2)18-19(13)29-11-8-22(18)26-9-10-27-22/h4-7,12H,8-11H2,1-3H3. The summed E-state index contributed by atoms with van der Waals surface area (Å²) >= 11 is 1.77. The number of fused-ring (bicyclic) bond motifs is 2. The molecule has 0 bridgehead atoms. The molecule has 0 N–H and O–H groups in total. The summed E-state index contributed by atoms with van der Waals surface area (Å²) in [5.74, 6) is -0.404. The van der Waals surface area contributed by atoms with Crippen LogP contribution in [0.1, 0.15) is 43.8 Å². The fraction of sp³-hybridized carbons (Fsp3) is 0.364. The third-order valence-corrected chi connectivity index (χ3v) is 6.47. The molecule has 0 aromatic heterocycles. The van der Waals surface area contributed by atoms with Crippen LogP contribution in [0.4, 0.5) is 0 Å². The highest BCUT2D eigenvalue weighted by Gasteiger charge is 2.45. The average Bonchev–Trinajstić information content (AvgIpc) is 3.19. The van der Waals surface area contributed by atoms with Crippen molar-refractivity contribution in [3.05, 3.63) is 58.1 Å². The molecule has 2 aromatic rings. The molecule has 0 radical (unpaired) electrons. The third-order valence-electron chi connectivity index (χ3n) is 5.24. The van der Waals surface area contributed by atoms with E-state index in [-0.39, 0.29) is 0 Å². The maximum Gasteiger partial charge on any atom is 0.343 e. The summed E-state index contributed by atoms with van der Waals surface area (Å²) in [5, 5.41) is 0. The van der Waals surface area contributed by atoms with Crippen molar-refractivity contribution in [2.24, 2.45) is 0 Å². The van der Waals surface area contributed by atoms with Gasteiger partial charge in [-0.1, -0.05) is 0 Å². The number of hydrogen-bond donors (Lipinski definition) is 0. The van der Waals surface area contributed by atoms with Gasteiger partial charge in [0, 0.05) is 22.6 Å². The highest BCUT2D eigenvalue weighted by Crippen LogP contribution is 2.49. The van der Waals surface area contributed by atoms with Gasteiger partial charge in [-0.15, -0.1) is 11.8 Å². The molecule has 2 aliphatic heterocycles. The first kappa shape index (κ1) is 19.9. The molecule has 0 amide bonds. The lowest BCUT2D eigenvalue weighted by molar-refractivity contribution is -0.170. The molecule has 0 saturated carbocycles. The molecule has 1 spiro atoms. The van der Waals surface area contributed by atoms with Crippen molar-refractivity contribution in [1.82, 2.24) is 0 Å². The van der Waals surface area contributed by atoms with Crippen LogP contribution in [0.5, 0.6) is 5.75 Å². The minimum atomic E-state index is -0.770. The van der Waals surface area contributed by atoms with E-state index >= 15 is 0 Å². The van der Waals surface area contributed by atoms with Gasteiger partial charge in [0.05, 0.1) is 31.5 Å². The van der Waals surface area contributed by atoms with Crippen molar-refractivity contribution >= 4 is 23.7 Å². The van der Waals surface area contributed by atoms with E-state index in [1.807, 2.05) is 19.9 Å². The van der Waals surface area contributed by atoms with Gasteiger partial charge in [-0.25, -0.2) is 9.59 Å². The predicted molar refractivity (Wildman–Crippen MR) is 108 cm³/mol. The minimum Gasteiger partial charge on any atom is -0.465 e. The molecular formula is C22H22O6S. The first-order chi connectivity index (χ1) is 13.9. The summed E-state index contributed by atoms with van der Waals surface area (Å²) in [7, 11) is 1.32. The molecule has 7 heteroatoms. The summed E-state index contributed by atoms with van der Waals surface area (Å²) < 4.78 is 22.3. The second kappa shape index (κ2) is 7.82. The molecular weight excluding hydrogens is 392 g/mol. The van der Waals surface area contributed by atoms with Crippen molar-refractivity contribution < 1.29 is 28.5 Å². The van der Waals surface area contributed by atoms with Crippen LogP contribution < -0.4 is 4.74 Å². The second-order valence-electron chi connectivity index (χ2n) is 7.02. The Morgan fingerprint density at radius 2 is 1.76 bits per heavy atom. The van der Waals surface area contributed by atoms with Crippen LogP contribution in [0.3, 0.4) is 0 Å². The Balaban J connectivity index is 1.66. The molecule has 0 unspecified atom stereocenters. The van der Waals surface area contributed by atoms with Crippen LogP contribution in [0.2, 0.25) is 0 Å². The molecule has 2 heterocycles. The van der Waals surface area contributed by atoms with Crippen molar-refractivity contribution in [1.29, 1.82) is 0 Å². The van der Waals surface area contributed by atoms with Crippen LogP contribution in [0, 0.1) is 13.8 Å². The molecule has 4 rings (SSSR count). The smallest absolute Gasteiger partial charge is 0.343 e. The number of aryl methyl sites for hydroxylation is 1. The zero-order chi connectivity index (χ0) is 20.6. The number of ether oxygens (including phenoxy) is 4. The topological polar surface area (TPSA) is 71.1 Å². The van der Waals surface area contributed by atoms with E-state index < -0.39 is 17.7 Å². The molecule has 152 valence electrons. The highest BCUT2D eigenvalue weighted by molar-refractivity contribution is 7.99. The fourth-order valence-electron chi connectivity index (χ4n) is 3.84. The van der Waals surface area contributed by atoms with Crippen LogP contribution in [-0.4, -0.2) is 38.0 Å². The summed E-state index contributed by atoms with van der Waals surface area (Å²) in [4.78, 5) is 25.6. The van der Waals surface area contributed by atoms with Crippen molar-refractivity contribution in [2.45, 2.75) is 31.0 Å². The van der Waals surface area contributed by atoms with Crippen LogP contribution in [-0.2, 0) is 20.0 Å². The Morgan fingerprint density at radius 3 is 2.41 bits per heavy atom. The monoisotopic (exact) mass is 414 g/mol. The number of hydrogen-bond acceptors (Lipinski definition) is 7. The zero-order valence-corrected chi connectivity index (χ0v) is 17.4. The predicted octanol–water partition coefficient (Wildman–Crippen LogP) is 4.00. The van der Waals surface area contributed by atoms with Gasteiger partial charge in [0.15, 0.2) is 5.79 Å². The molecule has 29 heavy (non-hydrogen) atoms. The maximum atomic E-state index is 12.9.